The number of fused-ring (bicyclic) bond motifs is 1. The number of ether oxygens (including phenoxy) is 1. The van der Waals surface area contributed by atoms with Gasteiger partial charge in [0, 0.05) is 12.4 Å². The second-order valence-electron chi connectivity index (χ2n) is 4.47. The zero-order valence-corrected chi connectivity index (χ0v) is 10.5. The standard InChI is InChI=1S/C13H14FN3O2/c1-2-19-13(18)10-8-16-5-3-4-11(12(16)15-10)17-6-9(14)7-17/h3-5,8-9H,2,6-7H2,1H3. The monoisotopic (exact) mass is 263 g/mol. The molecule has 2 aromatic heterocycles. The fourth-order valence-electron chi connectivity index (χ4n) is 2.17. The first-order valence-corrected chi connectivity index (χ1v) is 6.23. The number of carbonyl (C=O) groups excluding carboxylic acids is 1. The number of aromatic nitrogens is 2. The van der Waals surface area contributed by atoms with Crippen LogP contribution in [0.2, 0.25) is 0 Å². The number of rotatable bonds is 3. The van der Waals surface area contributed by atoms with Gasteiger partial charge in [0.15, 0.2) is 11.3 Å². The van der Waals surface area contributed by atoms with Crippen LogP contribution in [0.15, 0.2) is 24.5 Å². The highest BCUT2D eigenvalue weighted by Gasteiger charge is 2.28. The summed E-state index contributed by atoms with van der Waals surface area (Å²) in [6.45, 7) is 2.82. The molecule has 0 aliphatic carbocycles. The Morgan fingerprint density at radius 1 is 1.58 bits per heavy atom. The van der Waals surface area contributed by atoms with Crippen molar-refractivity contribution in [1.29, 1.82) is 0 Å². The molecule has 3 rings (SSSR count). The third-order valence-electron chi connectivity index (χ3n) is 3.12. The highest BCUT2D eigenvalue weighted by Crippen LogP contribution is 2.26. The fraction of sp³-hybridized carbons (Fsp3) is 0.385. The third kappa shape index (κ3) is 2.03. The molecule has 5 nitrogen and oxygen atoms in total. The number of carbonyl (C=O) groups is 1. The maximum atomic E-state index is 12.9. The molecule has 1 fully saturated rings. The Bertz CT molecular complexity index is 619. The first-order valence-electron chi connectivity index (χ1n) is 6.23. The molecule has 19 heavy (non-hydrogen) atoms. The molecule has 100 valence electrons. The molecule has 0 spiro atoms. The summed E-state index contributed by atoms with van der Waals surface area (Å²) in [4.78, 5) is 17.8. The Balaban J connectivity index is 1.98. The molecule has 1 saturated heterocycles. The number of hydrogen-bond acceptors (Lipinski definition) is 4. The summed E-state index contributed by atoms with van der Waals surface area (Å²) < 4.78 is 19.6. The predicted molar refractivity (Wildman–Crippen MR) is 68.3 cm³/mol. The van der Waals surface area contributed by atoms with Crippen LogP contribution in [0.1, 0.15) is 17.4 Å². The highest BCUT2D eigenvalue weighted by atomic mass is 19.1. The van der Waals surface area contributed by atoms with Gasteiger partial charge in [-0.05, 0) is 19.1 Å². The minimum absolute atomic E-state index is 0.270. The molecule has 0 amide bonds. The van der Waals surface area contributed by atoms with Crippen molar-refractivity contribution in [1.82, 2.24) is 9.38 Å². The molecule has 0 saturated carbocycles. The van der Waals surface area contributed by atoms with Crippen LogP contribution < -0.4 is 4.90 Å². The Hall–Kier alpha value is -2.11. The second kappa shape index (κ2) is 4.53. The zero-order chi connectivity index (χ0) is 13.4. The lowest BCUT2D eigenvalue weighted by Crippen LogP contribution is -2.48. The van der Waals surface area contributed by atoms with Gasteiger partial charge in [0.25, 0.3) is 0 Å². The van der Waals surface area contributed by atoms with Gasteiger partial charge >= 0.3 is 5.97 Å². The molecule has 1 aliphatic heterocycles. The van der Waals surface area contributed by atoms with E-state index in [0.29, 0.717) is 25.3 Å². The topological polar surface area (TPSA) is 46.8 Å². The molecule has 1 aliphatic rings. The molecule has 0 bridgehead atoms. The molecule has 0 aromatic carbocycles. The van der Waals surface area contributed by atoms with Gasteiger partial charge < -0.3 is 14.0 Å². The van der Waals surface area contributed by atoms with Crippen LogP contribution in [0.5, 0.6) is 0 Å². The average molecular weight is 263 g/mol. The molecule has 0 N–H and O–H groups in total. The van der Waals surface area contributed by atoms with Gasteiger partial charge in [-0.25, -0.2) is 14.2 Å². The maximum absolute atomic E-state index is 12.9. The number of halogens is 1. The van der Waals surface area contributed by atoms with Crippen molar-refractivity contribution in [2.75, 3.05) is 24.6 Å². The smallest absolute Gasteiger partial charge is 0.358 e. The minimum Gasteiger partial charge on any atom is -0.461 e. The van der Waals surface area contributed by atoms with E-state index in [-0.39, 0.29) is 5.69 Å². The summed E-state index contributed by atoms with van der Waals surface area (Å²) >= 11 is 0. The lowest BCUT2D eigenvalue weighted by molar-refractivity contribution is 0.0520. The summed E-state index contributed by atoms with van der Waals surface area (Å²) in [6, 6.07) is 3.73. The largest absolute Gasteiger partial charge is 0.461 e. The van der Waals surface area contributed by atoms with Crippen molar-refractivity contribution in [3.63, 3.8) is 0 Å². The van der Waals surface area contributed by atoms with E-state index in [1.54, 1.807) is 23.7 Å². The molecule has 0 atom stereocenters. The van der Waals surface area contributed by atoms with Gasteiger partial charge in [0.1, 0.15) is 6.17 Å². The lowest BCUT2D eigenvalue weighted by Gasteiger charge is -2.36. The summed E-state index contributed by atoms with van der Waals surface area (Å²) in [5.74, 6) is -0.441. The number of nitrogens with zero attached hydrogens (tertiary/aromatic N) is 3. The van der Waals surface area contributed by atoms with Gasteiger partial charge in [-0.2, -0.15) is 0 Å². The van der Waals surface area contributed by atoms with Crippen LogP contribution in [0, 0.1) is 0 Å². The van der Waals surface area contributed by atoms with Gasteiger partial charge in [-0.1, -0.05) is 0 Å². The summed E-state index contributed by atoms with van der Waals surface area (Å²) in [6.07, 6.45) is 2.66. The van der Waals surface area contributed by atoms with Crippen molar-refractivity contribution < 1.29 is 13.9 Å². The molecule has 0 unspecified atom stereocenters. The van der Waals surface area contributed by atoms with Crippen molar-refractivity contribution in [3.05, 3.63) is 30.2 Å². The van der Waals surface area contributed by atoms with Crippen LogP contribution in [0.4, 0.5) is 10.1 Å². The molecular weight excluding hydrogens is 249 g/mol. The van der Waals surface area contributed by atoms with E-state index in [1.165, 1.54) is 0 Å². The van der Waals surface area contributed by atoms with Gasteiger partial charge in [0.2, 0.25) is 0 Å². The SMILES string of the molecule is CCOC(=O)c1cn2cccc(N3CC(F)C3)c2n1. The van der Waals surface area contributed by atoms with Gasteiger partial charge in [-0.15, -0.1) is 0 Å². The van der Waals surface area contributed by atoms with Crippen LogP contribution >= 0.6 is 0 Å². The first kappa shape index (κ1) is 12.0. The predicted octanol–water partition coefficient (Wildman–Crippen LogP) is 1.67. The number of alkyl halides is 1. The van der Waals surface area contributed by atoms with E-state index in [9.17, 15) is 9.18 Å². The Morgan fingerprint density at radius 2 is 2.37 bits per heavy atom. The maximum Gasteiger partial charge on any atom is 0.358 e. The van der Waals surface area contributed by atoms with E-state index < -0.39 is 12.1 Å². The molecule has 2 aromatic rings. The van der Waals surface area contributed by atoms with Crippen LogP contribution in [-0.4, -0.2) is 41.2 Å². The van der Waals surface area contributed by atoms with Crippen molar-refractivity contribution >= 4 is 17.3 Å². The van der Waals surface area contributed by atoms with Gasteiger partial charge in [0.05, 0.1) is 25.4 Å². The summed E-state index contributed by atoms with van der Waals surface area (Å²) in [7, 11) is 0. The van der Waals surface area contributed by atoms with E-state index >= 15 is 0 Å². The number of hydrogen-bond donors (Lipinski definition) is 0. The van der Waals surface area contributed by atoms with Crippen LogP contribution in [-0.2, 0) is 4.74 Å². The lowest BCUT2D eigenvalue weighted by atomic mass is 10.1. The normalized spacial score (nSPS) is 15.6. The number of anilines is 1. The molecular formula is C13H14FN3O2. The van der Waals surface area contributed by atoms with Gasteiger partial charge in [-0.3, -0.25) is 0 Å². The zero-order valence-electron chi connectivity index (χ0n) is 10.5. The van der Waals surface area contributed by atoms with E-state index in [4.69, 9.17) is 4.74 Å². The highest BCUT2D eigenvalue weighted by molar-refractivity contribution is 5.89. The summed E-state index contributed by atoms with van der Waals surface area (Å²) in [5.41, 5.74) is 1.76. The molecule has 0 radical (unpaired) electrons. The summed E-state index contributed by atoms with van der Waals surface area (Å²) in [5, 5.41) is 0. The second-order valence-corrected chi connectivity index (χ2v) is 4.47. The van der Waals surface area contributed by atoms with Crippen molar-refractivity contribution in [2.24, 2.45) is 0 Å². The molecule has 3 heterocycles. The van der Waals surface area contributed by atoms with E-state index in [2.05, 4.69) is 4.98 Å². The van der Waals surface area contributed by atoms with E-state index in [1.807, 2.05) is 17.0 Å². The first-order chi connectivity index (χ1) is 9.19. The Kier molecular flexibility index (Phi) is 2.85. The fourth-order valence-corrected chi connectivity index (χ4v) is 2.17. The quantitative estimate of drug-likeness (QED) is 0.790. The average Bonchev–Trinajstić information content (AvgIpc) is 2.79. The Labute approximate surface area is 109 Å². The van der Waals surface area contributed by atoms with Crippen molar-refractivity contribution in [3.8, 4) is 0 Å². The minimum atomic E-state index is -0.778. The van der Waals surface area contributed by atoms with Crippen molar-refractivity contribution in [2.45, 2.75) is 13.1 Å². The third-order valence-corrected chi connectivity index (χ3v) is 3.12. The number of pyridine rings is 1. The van der Waals surface area contributed by atoms with E-state index in [0.717, 1.165) is 5.69 Å². The van der Waals surface area contributed by atoms with Crippen LogP contribution in [0.3, 0.4) is 0 Å². The number of imidazole rings is 1. The number of esters is 1. The van der Waals surface area contributed by atoms with Crippen LogP contribution in [0.25, 0.3) is 5.65 Å². The molecule has 6 heteroatoms. The Morgan fingerprint density at radius 3 is 3.05 bits per heavy atom.